The Balaban J connectivity index is 2.20. The van der Waals surface area contributed by atoms with Gasteiger partial charge in [0.1, 0.15) is 0 Å². The van der Waals surface area contributed by atoms with E-state index in [0.717, 1.165) is 25.9 Å². The van der Waals surface area contributed by atoms with Crippen LogP contribution in [0.4, 0.5) is 0 Å². The zero-order valence-corrected chi connectivity index (χ0v) is 13.5. The van der Waals surface area contributed by atoms with Gasteiger partial charge in [0.25, 0.3) is 0 Å². The third-order valence-electron chi connectivity index (χ3n) is 4.16. The van der Waals surface area contributed by atoms with Crippen molar-refractivity contribution in [3.63, 3.8) is 0 Å². The average Bonchev–Trinajstić information content (AvgIpc) is 2.73. The molecular weight excluding hydrogens is 286 g/mol. The molecule has 0 spiro atoms. The van der Waals surface area contributed by atoms with E-state index in [9.17, 15) is 8.42 Å². The lowest BCUT2D eigenvalue weighted by Crippen LogP contribution is -2.41. The molecule has 1 saturated heterocycles. The van der Waals surface area contributed by atoms with Gasteiger partial charge in [-0.05, 0) is 31.2 Å². The molecule has 1 heterocycles. The zero-order chi connectivity index (χ0) is 15.2. The Hall–Kier alpha value is -0.910. The molecule has 118 valence electrons. The summed E-state index contributed by atoms with van der Waals surface area (Å²) < 4.78 is 32.4. The molecule has 1 unspecified atom stereocenters. The van der Waals surface area contributed by atoms with Crippen LogP contribution in [0.5, 0.6) is 0 Å². The van der Waals surface area contributed by atoms with Gasteiger partial charge in [-0.25, -0.2) is 13.1 Å². The van der Waals surface area contributed by atoms with Gasteiger partial charge in [-0.15, -0.1) is 0 Å². The summed E-state index contributed by atoms with van der Waals surface area (Å²) >= 11 is 0. The monoisotopic (exact) mass is 311 g/mol. The molecule has 1 aliphatic rings. The summed E-state index contributed by atoms with van der Waals surface area (Å²) in [5.41, 5.74) is 1.05. The first-order chi connectivity index (χ1) is 10.1. The highest BCUT2D eigenvalue weighted by atomic mass is 32.2. The van der Waals surface area contributed by atoms with Gasteiger partial charge in [0.15, 0.2) is 0 Å². The number of sulfonamides is 1. The normalized spacial score (nSPS) is 23.7. The molecule has 0 bridgehead atoms. The molecule has 5 heteroatoms. The standard InChI is InChI=1S/C16H25NO3S/c1-2-13-21(18,19)17-14-16(9-6-11-20-12-10-16)15-7-4-3-5-8-15/h3-5,7-8,17H,2,6,9-14H2,1H3. The first kappa shape index (κ1) is 16.5. The summed E-state index contributed by atoms with van der Waals surface area (Å²) in [6, 6.07) is 10.2. The van der Waals surface area contributed by atoms with Gasteiger partial charge in [0, 0.05) is 25.2 Å². The van der Waals surface area contributed by atoms with E-state index in [1.165, 1.54) is 5.56 Å². The fraction of sp³-hybridized carbons (Fsp3) is 0.625. The van der Waals surface area contributed by atoms with E-state index in [-0.39, 0.29) is 11.2 Å². The minimum absolute atomic E-state index is 0.154. The van der Waals surface area contributed by atoms with Gasteiger partial charge in [-0.3, -0.25) is 0 Å². The zero-order valence-electron chi connectivity index (χ0n) is 12.7. The maximum atomic E-state index is 12.0. The van der Waals surface area contributed by atoms with E-state index < -0.39 is 10.0 Å². The Labute approximate surface area is 127 Å². The largest absolute Gasteiger partial charge is 0.381 e. The SMILES string of the molecule is CCCS(=O)(=O)NCC1(c2ccccc2)CCCOCC1. The minimum Gasteiger partial charge on any atom is -0.381 e. The van der Waals surface area contributed by atoms with Crippen LogP contribution in [-0.2, 0) is 20.2 Å². The van der Waals surface area contributed by atoms with Crippen LogP contribution in [0.25, 0.3) is 0 Å². The van der Waals surface area contributed by atoms with E-state index in [0.29, 0.717) is 19.6 Å². The van der Waals surface area contributed by atoms with Crippen LogP contribution in [-0.4, -0.2) is 33.9 Å². The third-order valence-corrected chi connectivity index (χ3v) is 5.69. The Kier molecular flexibility index (Phi) is 5.79. The molecule has 1 aromatic carbocycles. The second kappa shape index (κ2) is 7.38. The second-order valence-corrected chi connectivity index (χ2v) is 7.68. The predicted molar refractivity (Wildman–Crippen MR) is 84.9 cm³/mol. The molecule has 0 saturated carbocycles. The number of hydrogen-bond acceptors (Lipinski definition) is 3. The highest BCUT2D eigenvalue weighted by Gasteiger charge is 2.34. The molecule has 1 atom stereocenters. The number of ether oxygens (including phenoxy) is 1. The highest BCUT2D eigenvalue weighted by molar-refractivity contribution is 7.89. The van der Waals surface area contributed by atoms with Crippen LogP contribution in [0.2, 0.25) is 0 Å². The van der Waals surface area contributed by atoms with Crippen LogP contribution < -0.4 is 4.72 Å². The number of nitrogens with one attached hydrogen (secondary N) is 1. The van der Waals surface area contributed by atoms with Gasteiger partial charge < -0.3 is 4.74 Å². The van der Waals surface area contributed by atoms with Gasteiger partial charge >= 0.3 is 0 Å². The van der Waals surface area contributed by atoms with Gasteiger partial charge in [-0.2, -0.15) is 0 Å². The summed E-state index contributed by atoms with van der Waals surface area (Å²) in [5, 5.41) is 0. The maximum Gasteiger partial charge on any atom is 0.211 e. The fourth-order valence-corrected chi connectivity index (χ4v) is 4.13. The molecule has 2 rings (SSSR count). The summed E-state index contributed by atoms with van der Waals surface area (Å²) in [6.45, 7) is 3.79. The van der Waals surface area contributed by atoms with E-state index in [2.05, 4.69) is 16.9 Å². The fourth-order valence-electron chi connectivity index (χ4n) is 2.96. The van der Waals surface area contributed by atoms with Crippen molar-refractivity contribution in [1.29, 1.82) is 0 Å². The van der Waals surface area contributed by atoms with E-state index in [4.69, 9.17) is 4.74 Å². The van der Waals surface area contributed by atoms with Gasteiger partial charge in [-0.1, -0.05) is 37.3 Å². The summed E-state index contributed by atoms with van der Waals surface area (Å²) in [6.07, 6.45) is 3.40. The molecule has 0 aromatic heterocycles. The molecule has 1 N–H and O–H groups in total. The lowest BCUT2D eigenvalue weighted by Gasteiger charge is -2.33. The minimum atomic E-state index is -3.18. The van der Waals surface area contributed by atoms with Crippen molar-refractivity contribution in [3.8, 4) is 0 Å². The number of rotatable bonds is 6. The Morgan fingerprint density at radius 1 is 1.19 bits per heavy atom. The molecule has 1 aliphatic heterocycles. The van der Waals surface area contributed by atoms with Crippen LogP contribution in [0.3, 0.4) is 0 Å². The molecule has 21 heavy (non-hydrogen) atoms. The summed E-state index contributed by atoms with van der Waals surface area (Å²) in [5.74, 6) is 0.189. The summed E-state index contributed by atoms with van der Waals surface area (Å²) in [7, 11) is -3.18. The van der Waals surface area contributed by atoms with E-state index in [1.54, 1.807) is 0 Å². The van der Waals surface area contributed by atoms with Crippen molar-refractivity contribution >= 4 is 10.0 Å². The van der Waals surface area contributed by atoms with Crippen molar-refractivity contribution in [2.24, 2.45) is 0 Å². The smallest absolute Gasteiger partial charge is 0.211 e. The third kappa shape index (κ3) is 4.53. The summed E-state index contributed by atoms with van der Waals surface area (Å²) in [4.78, 5) is 0. The van der Waals surface area contributed by atoms with Crippen molar-refractivity contribution in [2.45, 2.75) is 38.0 Å². The lowest BCUT2D eigenvalue weighted by atomic mass is 9.75. The van der Waals surface area contributed by atoms with Crippen LogP contribution >= 0.6 is 0 Å². The van der Waals surface area contributed by atoms with Gasteiger partial charge in [0.2, 0.25) is 10.0 Å². The van der Waals surface area contributed by atoms with Crippen molar-refractivity contribution in [2.75, 3.05) is 25.5 Å². The van der Waals surface area contributed by atoms with E-state index >= 15 is 0 Å². The van der Waals surface area contributed by atoms with Crippen LogP contribution in [0.15, 0.2) is 30.3 Å². The van der Waals surface area contributed by atoms with Crippen molar-refractivity contribution in [1.82, 2.24) is 4.72 Å². The predicted octanol–water partition coefficient (Wildman–Crippen LogP) is 2.45. The molecule has 0 radical (unpaired) electrons. The molecule has 0 amide bonds. The highest BCUT2D eigenvalue weighted by Crippen LogP contribution is 2.34. The second-order valence-electron chi connectivity index (χ2n) is 5.75. The first-order valence-corrected chi connectivity index (χ1v) is 9.34. The Morgan fingerprint density at radius 3 is 2.67 bits per heavy atom. The molecule has 1 fully saturated rings. The van der Waals surface area contributed by atoms with Gasteiger partial charge in [0.05, 0.1) is 5.75 Å². The Bertz CT molecular complexity index is 520. The van der Waals surface area contributed by atoms with Crippen LogP contribution in [0, 0.1) is 0 Å². The lowest BCUT2D eigenvalue weighted by molar-refractivity contribution is 0.139. The molecule has 0 aliphatic carbocycles. The van der Waals surface area contributed by atoms with Crippen molar-refractivity contribution in [3.05, 3.63) is 35.9 Å². The van der Waals surface area contributed by atoms with Crippen molar-refractivity contribution < 1.29 is 13.2 Å². The topological polar surface area (TPSA) is 55.4 Å². The van der Waals surface area contributed by atoms with Crippen LogP contribution in [0.1, 0.15) is 38.2 Å². The first-order valence-electron chi connectivity index (χ1n) is 7.69. The Morgan fingerprint density at radius 2 is 1.95 bits per heavy atom. The quantitative estimate of drug-likeness (QED) is 0.878. The average molecular weight is 311 g/mol. The molecular formula is C16H25NO3S. The van der Waals surface area contributed by atoms with E-state index in [1.807, 2.05) is 25.1 Å². The molecule has 4 nitrogen and oxygen atoms in total. The maximum absolute atomic E-state index is 12.0. The number of hydrogen-bond donors (Lipinski definition) is 1. The molecule has 1 aromatic rings. The number of benzene rings is 1.